The Morgan fingerprint density at radius 1 is 1.61 bits per heavy atom. The zero-order chi connectivity index (χ0) is 13.9. The van der Waals surface area contributed by atoms with Crippen LogP contribution in [0.15, 0.2) is 10.3 Å². The Labute approximate surface area is 122 Å². The van der Waals surface area contributed by atoms with Crippen LogP contribution in [0.5, 0.6) is 0 Å². The van der Waals surface area contributed by atoms with Gasteiger partial charge in [0.25, 0.3) is 10.0 Å². The number of hydrogen-bond acceptors (Lipinski definition) is 4. The van der Waals surface area contributed by atoms with Crippen LogP contribution in [0, 0.1) is 6.92 Å². The summed E-state index contributed by atoms with van der Waals surface area (Å²) in [6.07, 6.45) is 0.694. The summed E-state index contributed by atoms with van der Waals surface area (Å²) in [4.78, 5) is 0.159. The van der Waals surface area contributed by atoms with E-state index < -0.39 is 10.0 Å². The molecule has 4 nitrogen and oxygen atoms in total. The molecule has 18 heavy (non-hydrogen) atoms. The van der Waals surface area contributed by atoms with Gasteiger partial charge in [-0.2, -0.15) is 4.31 Å². The van der Waals surface area contributed by atoms with Crippen molar-refractivity contribution in [2.45, 2.75) is 24.5 Å². The van der Waals surface area contributed by atoms with Gasteiger partial charge in [-0.3, -0.25) is 0 Å². The molecule has 0 aliphatic rings. The summed E-state index contributed by atoms with van der Waals surface area (Å²) >= 11 is 11.7. The third-order valence-corrected chi connectivity index (χ3v) is 6.21. The molecule has 0 aliphatic carbocycles. The maximum atomic E-state index is 12.4. The van der Waals surface area contributed by atoms with Crippen molar-refractivity contribution in [2.24, 2.45) is 5.73 Å². The Balaban J connectivity index is 3.12. The highest BCUT2D eigenvalue weighted by Crippen LogP contribution is 2.31. The fourth-order valence-corrected chi connectivity index (χ4v) is 5.00. The van der Waals surface area contributed by atoms with Crippen molar-refractivity contribution in [1.82, 2.24) is 4.31 Å². The third-order valence-electron chi connectivity index (χ3n) is 2.23. The summed E-state index contributed by atoms with van der Waals surface area (Å²) in [7, 11) is -3.56. The van der Waals surface area contributed by atoms with Crippen molar-refractivity contribution in [3.8, 4) is 0 Å². The molecule has 102 valence electrons. The lowest BCUT2D eigenvalue weighted by atomic mass is 10.4. The quantitative estimate of drug-likeness (QED) is 0.815. The van der Waals surface area contributed by atoms with Crippen molar-refractivity contribution in [2.75, 3.05) is 13.1 Å². The molecule has 1 aromatic heterocycles. The Hall–Kier alpha value is -0.210. The molecular formula is C10H15ClN2O2S3. The van der Waals surface area contributed by atoms with Crippen LogP contribution < -0.4 is 5.73 Å². The molecule has 0 aromatic carbocycles. The number of hydrogen-bond donors (Lipinski definition) is 1. The maximum absolute atomic E-state index is 12.4. The van der Waals surface area contributed by atoms with Crippen molar-refractivity contribution in [3.05, 3.63) is 16.0 Å². The number of nitrogens with two attached hydrogens (primary N) is 1. The number of thiocarbonyl (C=S) groups is 1. The molecular weight excluding hydrogens is 312 g/mol. The molecule has 8 heteroatoms. The average molecular weight is 327 g/mol. The van der Waals surface area contributed by atoms with E-state index in [1.165, 1.54) is 4.31 Å². The van der Waals surface area contributed by atoms with Gasteiger partial charge >= 0.3 is 0 Å². The molecule has 0 unspecified atom stereocenters. The van der Waals surface area contributed by atoms with Gasteiger partial charge in [-0.25, -0.2) is 8.42 Å². The van der Waals surface area contributed by atoms with Gasteiger partial charge in [0.05, 0.1) is 15.9 Å². The molecule has 0 bridgehead atoms. The zero-order valence-corrected chi connectivity index (χ0v) is 13.3. The Morgan fingerprint density at radius 3 is 2.61 bits per heavy atom. The third kappa shape index (κ3) is 3.64. The highest BCUT2D eigenvalue weighted by atomic mass is 35.5. The molecule has 1 heterocycles. The van der Waals surface area contributed by atoms with Crippen LogP contribution in [-0.2, 0) is 10.0 Å². The van der Waals surface area contributed by atoms with E-state index in [4.69, 9.17) is 29.6 Å². The van der Waals surface area contributed by atoms with Crippen molar-refractivity contribution in [1.29, 1.82) is 0 Å². The average Bonchev–Trinajstić information content (AvgIpc) is 2.59. The van der Waals surface area contributed by atoms with E-state index in [0.717, 1.165) is 16.9 Å². The van der Waals surface area contributed by atoms with Crippen LogP contribution in [0.25, 0.3) is 0 Å². The maximum Gasteiger partial charge on any atom is 0.252 e. The van der Waals surface area contributed by atoms with Crippen LogP contribution in [0.4, 0.5) is 0 Å². The Bertz CT molecular complexity index is 520. The molecule has 0 saturated heterocycles. The van der Waals surface area contributed by atoms with E-state index in [1.54, 1.807) is 13.0 Å². The molecule has 0 fully saturated rings. The lowest BCUT2D eigenvalue weighted by Crippen LogP contribution is -2.37. The number of nitrogens with zero attached hydrogens (tertiary/aromatic N) is 1. The van der Waals surface area contributed by atoms with Gasteiger partial charge in [0, 0.05) is 6.54 Å². The monoisotopic (exact) mass is 326 g/mol. The first-order chi connectivity index (χ1) is 8.28. The highest BCUT2D eigenvalue weighted by molar-refractivity contribution is 7.91. The lowest BCUT2D eigenvalue weighted by molar-refractivity contribution is 0.451. The second-order valence-electron chi connectivity index (χ2n) is 3.83. The summed E-state index contributed by atoms with van der Waals surface area (Å²) in [6.45, 7) is 4.11. The predicted octanol–water partition coefficient (Wildman–Crippen LogP) is 2.40. The zero-order valence-electron chi connectivity index (χ0n) is 10.1. The molecule has 0 radical (unpaired) electrons. The molecule has 1 rings (SSSR count). The standard InChI is InChI=1S/C10H15ClN2O2S3/c1-3-4-13(6-8(12)16)18(14,15)9-5-7(2)10(11)17-9/h5H,3-4,6H2,1-2H3,(H2,12,16). The number of thiophene rings is 1. The normalized spacial score (nSPS) is 12.0. The van der Waals surface area contributed by atoms with Crippen molar-refractivity contribution < 1.29 is 8.42 Å². The molecule has 0 amide bonds. The first-order valence-corrected chi connectivity index (χ1v) is 8.37. The number of halogens is 1. The topological polar surface area (TPSA) is 63.4 Å². The SMILES string of the molecule is CCCN(CC(N)=S)S(=O)(=O)c1cc(C)c(Cl)s1. The number of aryl methyl sites for hydroxylation is 1. The van der Waals surface area contributed by atoms with Crippen LogP contribution in [0.2, 0.25) is 4.34 Å². The fraction of sp³-hybridized carbons (Fsp3) is 0.500. The van der Waals surface area contributed by atoms with E-state index in [2.05, 4.69) is 0 Å². The van der Waals surface area contributed by atoms with E-state index in [-0.39, 0.29) is 15.7 Å². The van der Waals surface area contributed by atoms with E-state index in [9.17, 15) is 8.42 Å². The molecule has 2 N–H and O–H groups in total. The van der Waals surface area contributed by atoms with Gasteiger partial charge in [0.1, 0.15) is 4.21 Å². The molecule has 0 saturated carbocycles. The largest absolute Gasteiger partial charge is 0.392 e. The summed E-state index contributed by atoms with van der Waals surface area (Å²) in [5.41, 5.74) is 6.19. The summed E-state index contributed by atoms with van der Waals surface area (Å²) < 4.78 is 26.8. The second kappa shape index (κ2) is 6.29. The first-order valence-electron chi connectivity index (χ1n) is 5.33. The van der Waals surface area contributed by atoms with Crippen molar-refractivity contribution >= 4 is 50.2 Å². The van der Waals surface area contributed by atoms with Gasteiger partial charge in [-0.15, -0.1) is 11.3 Å². The van der Waals surface area contributed by atoms with Crippen molar-refractivity contribution in [3.63, 3.8) is 0 Å². The summed E-state index contributed by atoms with van der Waals surface area (Å²) in [5, 5.41) is 0. The molecule has 0 spiro atoms. The Morgan fingerprint density at radius 2 is 2.22 bits per heavy atom. The van der Waals surface area contributed by atoms with Gasteiger partial charge < -0.3 is 5.73 Å². The van der Waals surface area contributed by atoms with E-state index >= 15 is 0 Å². The fourth-order valence-electron chi connectivity index (χ4n) is 1.39. The summed E-state index contributed by atoms with van der Waals surface area (Å²) in [6, 6.07) is 1.57. The minimum atomic E-state index is -3.56. The lowest BCUT2D eigenvalue weighted by Gasteiger charge is -2.19. The van der Waals surface area contributed by atoms with E-state index in [1.807, 2.05) is 6.92 Å². The van der Waals surface area contributed by atoms with Crippen LogP contribution in [-0.4, -0.2) is 30.8 Å². The minimum Gasteiger partial charge on any atom is -0.392 e. The molecule has 0 aliphatic heterocycles. The van der Waals surface area contributed by atoms with Gasteiger partial charge in [0.2, 0.25) is 0 Å². The number of sulfonamides is 1. The minimum absolute atomic E-state index is 0.0556. The molecule has 0 atom stereocenters. The van der Waals surface area contributed by atoms with Gasteiger partial charge in [-0.05, 0) is 25.0 Å². The number of rotatable bonds is 6. The van der Waals surface area contributed by atoms with Crippen LogP contribution in [0.1, 0.15) is 18.9 Å². The van der Waals surface area contributed by atoms with E-state index in [0.29, 0.717) is 17.3 Å². The van der Waals surface area contributed by atoms with Crippen LogP contribution in [0.3, 0.4) is 0 Å². The second-order valence-corrected chi connectivity index (χ2v) is 8.17. The Kier molecular flexibility index (Phi) is 5.54. The summed E-state index contributed by atoms with van der Waals surface area (Å²) in [5.74, 6) is 0. The highest BCUT2D eigenvalue weighted by Gasteiger charge is 2.26. The first kappa shape index (κ1) is 15.8. The smallest absolute Gasteiger partial charge is 0.252 e. The van der Waals surface area contributed by atoms with Gasteiger partial charge in [0.15, 0.2) is 0 Å². The van der Waals surface area contributed by atoms with Crippen LogP contribution >= 0.6 is 35.2 Å². The predicted molar refractivity (Wildman–Crippen MR) is 79.9 cm³/mol. The molecule has 1 aromatic rings. The van der Waals surface area contributed by atoms with Gasteiger partial charge in [-0.1, -0.05) is 30.7 Å².